The van der Waals surface area contributed by atoms with Gasteiger partial charge in [0.15, 0.2) is 0 Å². The summed E-state index contributed by atoms with van der Waals surface area (Å²) in [7, 11) is 0. The van der Waals surface area contributed by atoms with Gasteiger partial charge in [-0.05, 0) is 51.9 Å². The predicted molar refractivity (Wildman–Crippen MR) is 108 cm³/mol. The van der Waals surface area contributed by atoms with Crippen LogP contribution < -0.4 is 0 Å². The summed E-state index contributed by atoms with van der Waals surface area (Å²) >= 11 is 0. The first-order valence-corrected chi connectivity index (χ1v) is 9.27. The summed E-state index contributed by atoms with van der Waals surface area (Å²) in [5.74, 6) is 0.261. The zero-order valence-electron chi connectivity index (χ0n) is 14.8. The van der Waals surface area contributed by atoms with Crippen LogP contribution >= 0.6 is 0 Å². The lowest BCUT2D eigenvalue weighted by atomic mass is 9.66. The van der Waals surface area contributed by atoms with Crippen molar-refractivity contribution >= 4 is 0 Å². The summed E-state index contributed by atoms with van der Waals surface area (Å²) in [6, 6.07) is 24.6. The van der Waals surface area contributed by atoms with Crippen LogP contribution in [-0.4, -0.2) is 16.3 Å². The summed E-state index contributed by atoms with van der Waals surface area (Å²) in [6.45, 7) is 0. The lowest BCUT2D eigenvalue weighted by molar-refractivity contribution is 0.224. The Morgan fingerprint density at radius 3 is 1.93 bits per heavy atom. The van der Waals surface area contributed by atoms with Gasteiger partial charge in [-0.1, -0.05) is 78.9 Å². The number of phenols is 1. The van der Waals surface area contributed by atoms with Gasteiger partial charge >= 0.3 is 0 Å². The van der Waals surface area contributed by atoms with E-state index in [1.54, 1.807) is 12.1 Å². The monoisotopic (exact) mass is 352 g/mol. The van der Waals surface area contributed by atoms with Crippen molar-refractivity contribution in [1.82, 2.24) is 0 Å². The van der Waals surface area contributed by atoms with Crippen LogP contribution in [0.5, 0.6) is 5.75 Å². The zero-order chi connectivity index (χ0) is 18.4. The minimum absolute atomic E-state index is 0.261. The summed E-state index contributed by atoms with van der Waals surface area (Å²) in [5, 5.41) is 19.8. The molecular formula is C25H20O2. The Hall–Kier alpha value is -3.10. The molecule has 0 spiro atoms. The standard InChI is InChI=1S/C25H20O2/c26-19-13-9-17(10-14-19)25(18-11-15-20(27)16-12-18)23-7-3-1-5-21(23)22-6-2-4-8-24(22)25/h1-15,20,26-27H,16H2/t20-/m1/s1. The highest BCUT2D eigenvalue weighted by molar-refractivity contribution is 5.86. The van der Waals surface area contributed by atoms with Gasteiger partial charge in [0.2, 0.25) is 0 Å². The number of allylic oxidation sites excluding steroid dienone is 2. The largest absolute Gasteiger partial charge is 0.508 e. The molecule has 5 rings (SSSR count). The molecule has 2 N–H and O–H groups in total. The smallest absolute Gasteiger partial charge is 0.115 e. The van der Waals surface area contributed by atoms with Crippen LogP contribution in [0.2, 0.25) is 0 Å². The first-order chi connectivity index (χ1) is 13.2. The molecule has 0 aliphatic heterocycles. The molecule has 3 aromatic carbocycles. The van der Waals surface area contributed by atoms with E-state index in [9.17, 15) is 10.2 Å². The summed E-state index contributed by atoms with van der Waals surface area (Å²) in [6.07, 6.45) is 6.25. The lowest BCUT2D eigenvalue weighted by Crippen LogP contribution is -2.30. The van der Waals surface area contributed by atoms with Crippen LogP contribution in [0.15, 0.2) is 96.6 Å². The molecule has 0 saturated carbocycles. The second-order valence-corrected chi connectivity index (χ2v) is 7.21. The van der Waals surface area contributed by atoms with Gasteiger partial charge in [-0.3, -0.25) is 0 Å². The van der Waals surface area contributed by atoms with Crippen molar-refractivity contribution in [1.29, 1.82) is 0 Å². The molecule has 0 heterocycles. The highest BCUT2D eigenvalue weighted by Gasteiger charge is 2.46. The Morgan fingerprint density at radius 2 is 1.37 bits per heavy atom. The molecule has 0 radical (unpaired) electrons. The van der Waals surface area contributed by atoms with Crippen molar-refractivity contribution in [3.8, 4) is 16.9 Å². The minimum atomic E-state index is -0.447. The second-order valence-electron chi connectivity index (χ2n) is 7.21. The molecule has 0 fully saturated rings. The van der Waals surface area contributed by atoms with Gasteiger partial charge in [0.25, 0.3) is 0 Å². The van der Waals surface area contributed by atoms with Crippen molar-refractivity contribution in [3.05, 3.63) is 113 Å². The molecule has 2 heteroatoms. The van der Waals surface area contributed by atoms with Gasteiger partial charge < -0.3 is 10.2 Å². The van der Waals surface area contributed by atoms with Crippen LogP contribution in [-0.2, 0) is 5.41 Å². The Bertz CT molecular complexity index is 1030. The topological polar surface area (TPSA) is 40.5 Å². The van der Waals surface area contributed by atoms with E-state index in [1.807, 2.05) is 18.2 Å². The van der Waals surface area contributed by atoms with Crippen molar-refractivity contribution in [2.45, 2.75) is 17.9 Å². The first kappa shape index (κ1) is 16.1. The molecule has 0 aromatic heterocycles. The normalized spacial score (nSPS) is 19.3. The van der Waals surface area contributed by atoms with Crippen molar-refractivity contribution in [2.75, 3.05) is 0 Å². The van der Waals surface area contributed by atoms with Gasteiger partial charge in [-0.25, -0.2) is 0 Å². The van der Waals surface area contributed by atoms with Crippen molar-refractivity contribution in [3.63, 3.8) is 0 Å². The van der Waals surface area contributed by atoms with Crippen LogP contribution in [0.1, 0.15) is 23.1 Å². The molecule has 2 nitrogen and oxygen atoms in total. The molecule has 0 bridgehead atoms. The van der Waals surface area contributed by atoms with Crippen LogP contribution in [0.4, 0.5) is 0 Å². The average molecular weight is 352 g/mol. The first-order valence-electron chi connectivity index (χ1n) is 9.27. The third kappa shape index (κ3) is 2.23. The van der Waals surface area contributed by atoms with Gasteiger partial charge in [-0.15, -0.1) is 0 Å². The second kappa shape index (κ2) is 5.97. The highest BCUT2D eigenvalue weighted by atomic mass is 16.3. The molecule has 2 aliphatic carbocycles. The molecular weight excluding hydrogens is 332 g/mol. The average Bonchev–Trinajstić information content (AvgIpc) is 3.01. The SMILES string of the molecule is Oc1ccc(C2(C3=CC[C@H](O)C=C3)c3ccccc3-c3ccccc32)cc1. The molecule has 0 amide bonds. The van der Waals surface area contributed by atoms with E-state index in [4.69, 9.17) is 0 Å². The van der Waals surface area contributed by atoms with Crippen molar-refractivity contribution in [2.24, 2.45) is 0 Å². The fourth-order valence-corrected chi connectivity index (χ4v) is 4.62. The third-order valence-corrected chi connectivity index (χ3v) is 5.76. The van der Waals surface area contributed by atoms with E-state index >= 15 is 0 Å². The third-order valence-electron chi connectivity index (χ3n) is 5.76. The van der Waals surface area contributed by atoms with Gasteiger partial charge in [0, 0.05) is 0 Å². The van der Waals surface area contributed by atoms with E-state index in [0.717, 1.165) is 11.1 Å². The number of hydrogen-bond donors (Lipinski definition) is 2. The fourth-order valence-electron chi connectivity index (χ4n) is 4.62. The number of aliphatic hydroxyl groups excluding tert-OH is 1. The Balaban J connectivity index is 1.89. The van der Waals surface area contributed by atoms with Gasteiger partial charge in [0.1, 0.15) is 5.75 Å². The van der Waals surface area contributed by atoms with Crippen molar-refractivity contribution < 1.29 is 10.2 Å². The molecule has 132 valence electrons. The van der Waals surface area contributed by atoms with Crippen LogP contribution in [0.3, 0.4) is 0 Å². The summed E-state index contributed by atoms with van der Waals surface area (Å²) in [5.41, 5.74) is 6.79. The molecule has 0 saturated heterocycles. The van der Waals surface area contributed by atoms with E-state index in [-0.39, 0.29) is 5.75 Å². The minimum Gasteiger partial charge on any atom is -0.508 e. The van der Waals surface area contributed by atoms with E-state index < -0.39 is 11.5 Å². The maximum absolute atomic E-state index is 9.99. The Morgan fingerprint density at radius 1 is 0.778 bits per heavy atom. The quantitative estimate of drug-likeness (QED) is 0.685. The van der Waals surface area contributed by atoms with Crippen LogP contribution in [0.25, 0.3) is 11.1 Å². The summed E-state index contributed by atoms with van der Waals surface area (Å²) < 4.78 is 0. The number of aromatic hydroxyl groups is 1. The summed E-state index contributed by atoms with van der Waals surface area (Å²) in [4.78, 5) is 0. The highest BCUT2D eigenvalue weighted by Crippen LogP contribution is 2.56. The van der Waals surface area contributed by atoms with Gasteiger partial charge in [0.05, 0.1) is 11.5 Å². The van der Waals surface area contributed by atoms with E-state index in [2.05, 4.69) is 60.7 Å². The Kier molecular flexibility index (Phi) is 3.56. The van der Waals surface area contributed by atoms with E-state index in [0.29, 0.717) is 6.42 Å². The molecule has 3 aromatic rings. The predicted octanol–water partition coefficient (Wildman–Crippen LogP) is 4.95. The lowest BCUT2D eigenvalue weighted by Gasteiger charge is -2.36. The Labute approximate surface area is 158 Å². The van der Waals surface area contributed by atoms with Gasteiger partial charge in [-0.2, -0.15) is 0 Å². The number of fused-ring (bicyclic) bond motifs is 3. The maximum atomic E-state index is 9.99. The zero-order valence-corrected chi connectivity index (χ0v) is 14.8. The maximum Gasteiger partial charge on any atom is 0.115 e. The van der Waals surface area contributed by atoms with Crippen LogP contribution in [0, 0.1) is 0 Å². The molecule has 2 aliphatic rings. The number of rotatable bonds is 2. The number of phenolic OH excluding ortho intramolecular Hbond substituents is 1. The fraction of sp³-hybridized carbons (Fsp3) is 0.120. The molecule has 0 unspecified atom stereocenters. The number of aliphatic hydroxyl groups is 1. The van der Waals surface area contributed by atoms with E-state index in [1.165, 1.54) is 22.3 Å². The molecule has 27 heavy (non-hydrogen) atoms. The number of benzene rings is 3. The number of hydrogen-bond acceptors (Lipinski definition) is 2. The molecule has 1 atom stereocenters.